The van der Waals surface area contributed by atoms with Crippen molar-refractivity contribution < 1.29 is 14.7 Å². The van der Waals surface area contributed by atoms with Crippen LogP contribution in [0.2, 0.25) is 0 Å². The third kappa shape index (κ3) is 5.57. The summed E-state index contributed by atoms with van der Waals surface area (Å²) in [6.07, 6.45) is 5.75. The van der Waals surface area contributed by atoms with Gasteiger partial charge in [-0.05, 0) is 46.0 Å². The summed E-state index contributed by atoms with van der Waals surface area (Å²) in [4.78, 5) is 28.4. The van der Waals surface area contributed by atoms with E-state index in [1.807, 2.05) is 24.9 Å². The maximum absolute atomic E-state index is 13.0. The number of piperidine rings is 1. The molecule has 2 aliphatic heterocycles. The molecule has 2 amide bonds. The number of carbonyl (C=O) groups excluding carboxylic acids is 2. The lowest BCUT2D eigenvalue weighted by Crippen LogP contribution is -2.50. The maximum atomic E-state index is 13.0. The van der Waals surface area contributed by atoms with Crippen LogP contribution in [0.4, 0.5) is 0 Å². The minimum atomic E-state index is -0.765. The topological polar surface area (TPSA) is 90.7 Å². The molecule has 29 heavy (non-hydrogen) atoms. The lowest BCUT2D eigenvalue weighted by atomic mass is 9.93. The van der Waals surface area contributed by atoms with Gasteiger partial charge in [0.2, 0.25) is 5.91 Å². The minimum Gasteiger partial charge on any atom is -0.388 e. The molecule has 0 spiro atoms. The zero-order valence-electron chi connectivity index (χ0n) is 18.0. The van der Waals surface area contributed by atoms with Crippen molar-refractivity contribution in [2.45, 2.75) is 71.1 Å². The molecule has 3 rings (SSSR count). The summed E-state index contributed by atoms with van der Waals surface area (Å²) < 4.78 is 1.79. The molecule has 1 aromatic heterocycles. The minimum absolute atomic E-state index is 0.0163. The van der Waals surface area contributed by atoms with E-state index in [9.17, 15) is 14.7 Å². The first-order chi connectivity index (χ1) is 13.8. The molecule has 0 bridgehead atoms. The van der Waals surface area contributed by atoms with Crippen LogP contribution in [0.1, 0.15) is 62.0 Å². The van der Waals surface area contributed by atoms with Gasteiger partial charge in [0.05, 0.1) is 16.9 Å². The summed E-state index contributed by atoms with van der Waals surface area (Å²) in [7, 11) is 0. The number of hydrogen-bond donors (Lipinski definition) is 2. The lowest BCUT2D eigenvalue weighted by Gasteiger charge is -2.38. The molecule has 8 nitrogen and oxygen atoms in total. The number of rotatable bonds is 5. The number of likely N-dealkylation sites (tertiary alicyclic amines) is 2. The zero-order chi connectivity index (χ0) is 21.0. The molecular formula is C21H35N5O3. The van der Waals surface area contributed by atoms with Crippen LogP contribution in [0.15, 0.2) is 6.20 Å². The Morgan fingerprint density at radius 2 is 1.97 bits per heavy atom. The smallest absolute Gasteiger partial charge is 0.257 e. The Hall–Kier alpha value is -1.93. The molecule has 0 radical (unpaired) electrons. The number of aryl methyl sites for hydroxylation is 2. The van der Waals surface area contributed by atoms with Crippen LogP contribution in [-0.2, 0) is 11.3 Å². The number of aromatic nitrogens is 2. The summed E-state index contributed by atoms with van der Waals surface area (Å²) in [5, 5.41) is 18.6. The quantitative estimate of drug-likeness (QED) is 0.767. The van der Waals surface area contributed by atoms with E-state index in [1.54, 1.807) is 11.6 Å². The SMILES string of the molecule is CCn1cc(C(=O)N2CCC[C@@](O)(CN3CCC(NC(C)=O)CC3)CC2)c(C)n1. The Labute approximate surface area is 173 Å². The van der Waals surface area contributed by atoms with E-state index >= 15 is 0 Å². The normalized spacial score (nSPS) is 24.3. The molecule has 0 aliphatic carbocycles. The third-order valence-electron chi connectivity index (χ3n) is 6.22. The Morgan fingerprint density at radius 3 is 2.59 bits per heavy atom. The average molecular weight is 406 g/mol. The van der Waals surface area contributed by atoms with Crippen LogP contribution in [0.5, 0.6) is 0 Å². The molecule has 162 valence electrons. The van der Waals surface area contributed by atoms with Crippen LogP contribution >= 0.6 is 0 Å². The van der Waals surface area contributed by atoms with Gasteiger partial charge in [-0.15, -0.1) is 0 Å². The van der Waals surface area contributed by atoms with Crippen molar-refractivity contribution in [2.75, 3.05) is 32.7 Å². The predicted octanol–water partition coefficient (Wildman–Crippen LogP) is 1.17. The van der Waals surface area contributed by atoms with Crippen LogP contribution in [0.25, 0.3) is 0 Å². The van der Waals surface area contributed by atoms with Crippen LogP contribution < -0.4 is 5.32 Å². The van der Waals surface area contributed by atoms with E-state index < -0.39 is 5.60 Å². The Balaban J connectivity index is 1.54. The second-order valence-corrected chi connectivity index (χ2v) is 8.60. The Bertz CT molecular complexity index is 726. The largest absolute Gasteiger partial charge is 0.388 e. The van der Waals surface area contributed by atoms with Gasteiger partial charge < -0.3 is 20.2 Å². The highest BCUT2D eigenvalue weighted by atomic mass is 16.3. The average Bonchev–Trinajstić information content (AvgIpc) is 2.95. The Morgan fingerprint density at radius 1 is 1.24 bits per heavy atom. The van der Waals surface area contributed by atoms with E-state index in [0.29, 0.717) is 38.0 Å². The molecule has 2 aliphatic rings. The first-order valence-corrected chi connectivity index (χ1v) is 10.8. The molecule has 1 atom stereocenters. The molecule has 0 aromatic carbocycles. The van der Waals surface area contributed by atoms with Crippen molar-refractivity contribution in [1.29, 1.82) is 0 Å². The maximum Gasteiger partial charge on any atom is 0.257 e. The van der Waals surface area contributed by atoms with E-state index in [1.165, 1.54) is 0 Å². The second-order valence-electron chi connectivity index (χ2n) is 8.60. The monoisotopic (exact) mass is 405 g/mol. The fourth-order valence-corrected chi connectivity index (χ4v) is 4.54. The first kappa shape index (κ1) is 21.8. The molecule has 2 fully saturated rings. The van der Waals surface area contributed by atoms with Crippen molar-refractivity contribution in [2.24, 2.45) is 0 Å². The van der Waals surface area contributed by atoms with E-state index in [4.69, 9.17) is 0 Å². The third-order valence-corrected chi connectivity index (χ3v) is 6.22. The summed E-state index contributed by atoms with van der Waals surface area (Å²) in [6.45, 7) is 9.81. The summed E-state index contributed by atoms with van der Waals surface area (Å²) >= 11 is 0. The molecule has 2 saturated heterocycles. The molecular weight excluding hydrogens is 370 g/mol. The number of aliphatic hydroxyl groups is 1. The van der Waals surface area contributed by atoms with Crippen molar-refractivity contribution in [1.82, 2.24) is 24.9 Å². The fraction of sp³-hybridized carbons (Fsp3) is 0.762. The highest BCUT2D eigenvalue weighted by molar-refractivity contribution is 5.95. The van der Waals surface area contributed by atoms with Gasteiger partial charge >= 0.3 is 0 Å². The number of amides is 2. The van der Waals surface area contributed by atoms with Crippen molar-refractivity contribution in [3.05, 3.63) is 17.5 Å². The molecule has 0 saturated carbocycles. The highest BCUT2D eigenvalue weighted by Gasteiger charge is 2.35. The summed E-state index contributed by atoms with van der Waals surface area (Å²) in [6, 6.07) is 0.243. The lowest BCUT2D eigenvalue weighted by molar-refractivity contribution is -0.120. The molecule has 3 heterocycles. The van der Waals surface area contributed by atoms with Gasteiger partial charge in [-0.25, -0.2) is 0 Å². The molecule has 2 N–H and O–H groups in total. The van der Waals surface area contributed by atoms with Crippen LogP contribution in [0.3, 0.4) is 0 Å². The van der Waals surface area contributed by atoms with Gasteiger partial charge in [-0.2, -0.15) is 5.10 Å². The zero-order valence-corrected chi connectivity index (χ0v) is 18.0. The number of nitrogens with zero attached hydrogens (tertiary/aromatic N) is 4. The van der Waals surface area contributed by atoms with E-state index in [-0.39, 0.29) is 17.9 Å². The van der Waals surface area contributed by atoms with Crippen molar-refractivity contribution in [3.63, 3.8) is 0 Å². The second kappa shape index (κ2) is 9.26. The predicted molar refractivity (Wildman–Crippen MR) is 111 cm³/mol. The molecule has 8 heteroatoms. The van der Waals surface area contributed by atoms with Crippen molar-refractivity contribution >= 4 is 11.8 Å². The van der Waals surface area contributed by atoms with Crippen molar-refractivity contribution in [3.8, 4) is 0 Å². The van der Waals surface area contributed by atoms with Gasteiger partial charge in [0, 0.05) is 58.4 Å². The standard InChI is InChI=1S/C21H35N5O3/c1-4-26-14-19(16(2)23-26)20(28)25-10-5-8-21(29,9-13-25)15-24-11-6-18(7-12-24)22-17(3)27/h14,18,29H,4-13,15H2,1-3H3,(H,22,27)/t21-/m0/s1. The van der Waals surface area contributed by atoms with E-state index in [0.717, 1.165) is 44.6 Å². The number of nitrogens with one attached hydrogen (secondary N) is 1. The summed E-state index contributed by atoms with van der Waals surface area (Å²) in [5.41, 5.74) is 0.661. The van der Waals surface area contributed by atoms with Gasteiger partial charge in [0.25, 0.3) is 5.91 Å². The number of β-amino-alcohol motifs (C(OH)–C–C–N with tert-alkyl or cyclic N) is 1. The van der Waals surface area contributed by atoms with Crippen LogP contribution in [-0.4, -0.2) is 80.9 Å². The molecule has 1 aromatic rings. The highest BCUT2D eigenvalue weighted by Crippen LogP contribution is 2.26. The van der Waals surface area contributed by atoms with Gasteiger partial charge in [0.15, 0.2) is 0 Å². The number of hydrogen-bond acceptors (Lipinski definition) is 5. The Kier molecular flexibility index (Phi) is 6.95. The number of carbonyl (C=O) groups is 2. The molecule has 0 unspecified atom stereocenters. The fourth-order valence-electron chi connectivity index (χ4n) is 4.54. The summed E-state index contributed by atoms with van der Waals surface area (Å²) in [5.74, 6) is 0.0397. The van der Waals surface area contributed by atoms with Gasteiger partial charge in [0.1, 0.15) is 0 Å². The van der Waals surface area contributed by atoms with Crippen LogP contribution in [0, 0.1) is 6.92 Å². The van der Waals surface area contributed by atoms with Gasteiger partial charge in [-0.3, -0.25) is 14.3 Å². The van der Waals surface area contributed by atoms with E-state index in [2.05, 4.69) is 15.3 Å². The first-order valence-electron chi connectivity index (χ1n) is 10.8. The van der Waals surface area contributed by atoms with Gasteiger partial charge in [-0.1, -0.05) is 0 Å².